The largest absolute Gasteiger partial charge is 0.319 e. The summed E-state index contributed by atoms with van der Waals surface area (Å²) in [5.41, 5.74) is 1.02. The van der Waals surface area contributed by atoms with Crippen LogP contribution < -0.4 is 5.56 Å². The summed E-state index contributed by atoms with van der Waals surface area (Å²) in [6.45, 7) is 1.61. The summed E-state index contributed by atoms with van der Waals surface area (Å²) in [7, 11) is 0. The molecule has 0 atom stereocenters. The molecule has 1 heterocycles. The summed E-state index contributed by atoms with van der Waals surface area (Å²) in [6.07, 6.45) is 0. The third kappa shape index (κ3) is 1.43. The average molecular weight is 257 g/mol. The van der Waals surface area contributed by atoms with Crippen molar-refractivity contribution in [2.45, 2.75) is 6.92 Å². The number of nitrogens with zero attached hydrogens (tertiary/aromatic N) is 1. The first kappa shape index (κ1) is 9.33. The molecule has 0 bridgehead atoms. The van der Waals surface area contributed by atoms with E-state index in [1.807, 2.05) is 0 Å². The van der Waals surface area contributed by atoms with Crippen LogP contribution in [0.2, 0.25) is 0 Å². The highest BCUT2D eigenvalue weighted by molar-refractivity contribution is 9.10. The second kappa shape index (κ2) is 3.16. The highest BCUT2D eigenvalue weighted by Gasteiger charge is 2.05. The van der Waals surface area contributed by atoms with Crippen molar-refractivity contribution in [3.05, 3.63) is 38.5 Å². The number of fused-ring (bicyclic) bond motifs is 1. The molecular weight excluding hydrogens is 251 g/mol. The zero-order chi connectivity index (χ0) is 10.3. The van der Waals surface area contributed by atoms with Gasteiger partial charge in [-0.15, -0.1) is 0 Å². The van der Waals surface area contributed by atoms with Crippen LogP contribution in [0.25, 0.3) is 11.0 Å². The molecule has 0 fully saturated rings. The molecule has 0 unspecified atom stereocenters. The van der Waals surface area contributed by atoms with Gasteiger partial charge >= 0.3 is 0 Å². The van der Waals surface area contributed by atoms with E-state index < -0.39 is 5.82 Å². The Balaban J connectivity index is 2.96. The quantitative estimate of drug-likeness (QED) is 0.785. The van der Waals surface area contributed by atoms with Crippen LogP contribution in [0.15, 0.2) is 21.4 Å². The zero-order valence-corrected chi connectivity index (χ0v) is 8.85. The molecule has 2 rings (SSSR count). The third-order valence-electron chi connectivity index (χ3n) is 1.88. The van der Waals surface area contributed by atoms with Crippen LogP contribution >= 0.6 is 15.9 Å². The molecular formula is C9H6BrFN2O. The van der Waals surface area contributed by atoms with Crippen molar-refractivity contribution in [3.63, 3.8) is 0 Å². The molecule has 2 aromatic rings. The van der Waals surface area contributed by atoms with Gasteiger partial charge in [-0.3, -0.25) is 4.79 Å². The molecule has 0 aliphatic rings. The number of aromatic nitrogens is 2. The van der Waals surface area contributed by atoms with Gasteiger partial charge in [0.25, 0.3) is 5.56 Å². The lowest BCUT2D eigenvalue weighted by atomic mass is 10.3. The average Bonchev–Trinajstić information content (AvgIpc) is 2.08. The van der Waals surface area contributed by atoms with Gasteiger partial charge in [0, 0.05) is 4.47 Å². The van der Waals surface area contributed by atoms with Crippen molar-refractivity contribution < 1.29 is 4.39 Å². The molecule has 0 saturated carbocycles. The topological polar surface area (TPSA) is 45.8 Å². The smallest absolute Gasteiger partial charge is 0.269 e. The van der Waals surface area contributed by atoms with Crippen molar-refractivity contribution in [1.29, 1.82) is 0 Å². The van der Waals surface area contributed by atoms with E-state index in [2.05, 4.69) is 25.9 Å². The fourth-order valence-electron chi connectivity index (χ4n) is 1.21. The lowest BCUT2D eigenvalue weighted by Crippen LogP contribution is -2.11. The van der Waals surface area contributed by atoms with Crippen molar-refractivity contribution in [2.24, 2.45) is 0 Å². The van der Waals surface area contributed by atoms with Crippen LogP contribution in [0.1, 0.15) is 5.69 Å². The zero-order valence-electron chi connectivity index (χ0n) is 7.27. The normalized spacial score (nSPS) is 10.8. The Bertz CT molecular complexity index is 564. The van der Waals surface area contributed by atoms with Crippen molar-refractivity contribution in [1.82, 2.24) is 9.97 Å². The molecule has 1 aromatic heterocycles. The van der Waals surface area contributed by atoms with E-state index in [0.717, 1.165) is 0 Å². The number of nitrogens with one attached hydrogen (secondary N) is 1. The highest BCUT2D eigenvalue weighted by atomic mass is 79.9. The van der Waals surface area contributed by atoms with E-state index in [1.54, 1.807) is 6.92 Å². The number of aromatic amines is 1. The minimum absolute atomic E-state index is 0.296. The van der Waals surface area contributed by atoms with Crippen LogP contribution in [0.4, 0.5) is 4.39 Å². The van der Waals surface area contributed by atoms with E-state index in [9.17, 15) is 9.18 Å². The Kier molecular flexibility index (Phi) is 2.11. The molecule has 1 N–H and O–H groups in total. The molecule has 0 amide bonds. The summed E-state index contributed by atoms with van der Waals surface area (Å²) in [4.78, 5) is 17.8. The van der Waals surface area contributed by atoms with Crippen LogP contribution in [-0.4, -0.2) is 9.97 Å². The Morgan fingerprint density at radius 3 is 2.93 bits per heavy atom. The van der Waals surface area contributed by atoms with E-state index in [4.69, 9.17) is 0 Å². The number of rotatable bonds is 0. The molecule has 72 valence electrons. The van der Waals surface area contributed by atoms with Gasteiger partial charge in [-0.1, -0.05) is 0 Å². The maximum Gasteiger partial charge on any atom is 0.269 e. The van der Waals surface area contributed by atoms with E-state index in [-0.39, 0.29) is 5.56 Å². The van der Waals surface area contributed by atoms with Gasteiger partial charge in [0.05, 0.1) is 5.52 Å². The molecule has 14 heavy (non-hydrogen) atoms. The number of aryl methyl sites for hydroxylation is 1. The minimum Gasteiger partial charge on any atom is -0.319 e. The van der Waals surface area contributed by atoms with Crippen LogP contribution in [0, 0.1) is 12.7 Å². The number of hydrogen-bond acceptors (Lipinski definition) is 2. The number of halogens is 2. The molecule has 0 aliphatic carbocycles. The predicted octanol–water partition coefficient (Wildman–Crippen LogP) is 2.13. The summed E-state index contributed by atoms with van der Waals surface area (Å²) >= 11 is 3.18. The Morgan fingerprint density at radius 1 is 1.50 bits per heavy atom. The molecule has 3 nitrogen and oxygen atoms in total. The summed E-state index contributed by atoms with van der Waals surface area (Å²) in [5, 5.41) is 0. The maximum absolute atomic E-state index is 12.9. The monoisotopic (exact) mass is 256 g/mol. The minimum atomic E-state index is -0.411. The second-order valence-electron chi connectivity index (χ2n) is 2.94. The maximum atomic E-state index is 12.9. The van der Waals surface area contributed by atoms with Gasteiger partial charge in [0.1, 0.15) is 17.0 Å². The van der Waals surface area contributed by atoms with E-state index in [1.165, 1.54) is 12.1 Å². The fourth-order valence-corrected chi connectivity index (χ4v) is 1.73. The number of benzene rings is 1. The number of H-pyrrole nitrogens is 1. The highest BCUT2D eigenvalue weighted by Crippen LogP contribution is 2.21. The Labute approximate surface area is 87.1 Å². The van der Waals surface area contributed by atoms with Gasteiger partial charge in [-0.25, -0.2) is 9.37 Å². The first-order valence-corrected chi connectivity index (χ1v) is 4.73. The standard InChI is InChI=1S/C9H6BrFN2O/c1-4-9(14)13-7-3-5(11)2-6(10)8(7)12-4/h2-3H,1H3,(H,13,14). The molecule has 0 aliphatic heterocycles. The van der Waals surface area contributed by atoms with E-state index >= 15 is 0 Å². The van der Waals surface area contributed by atoms with Crippen LogP contribution in [0.5, 0.6) is 0 Å². The third-order valence-corrected chi connectivity index (χ3v) is 2.49. The molecule has 0 radical (unpaired) electrons. The van der Waals surface area contributed by atoms with Crippen LogP contribution in [-0.2, 0) is 0 Å². The summed E-state index contributed by atoms with van der Waals surface area (Å²) in [6, 6.07) is 2.56. The molecule has 0 spiro atoms. The van der Waals surface area contributed by atoms with Gasteiger partial charge in [0.15, 0.2) is 0 Å². The summed E-state index contributed by atoms with van der Waals surface area (Å²) < 4.78 is 13.5. The number of hydrogen-bond donors (Lipinski definition) is 1. The fraction of sp³-hybridized carbons (Fsp3) is 0.111. The van der Waals surface area contributed by atoms with Crippen molar-refractivity contribution >= 4 is 27.0 Å². The molecule has 1 aromatic carbocycles. The lowest BCUT2D eigenvalue weighted by Gasteiger charge is -2.01. The Hall–Kier alpha value is -1.23. The first-order valence-electron chi connectivity index (χ1n) is 3.93. The predicted molar refractivity (Wildman–Crippen MR) is 54.8 cm³/mol. The SMILES string of the molecule is Cc1nc2c(Br)cc(F)cc2[nH]c1=O. The molecule has 0 saturated heterocycles. The second-order valence-corrected chi connectivity index (χ2v) is 3.79. The van der Waals surface area contributed by atoms with Gasteiger partial charge in [-0.05, 0) is 35.0 Å². The van der Waals surface area contributed by atoms with Gasteiger partial charge in [-0.2, -0.15) is 0 Å². The lowest BCUT2D eigenvalue weighted by molar-refractivity contribution is 0.628. The Morgan fingerprint density at radius 2 is 2.21 bits per heavy atom. The first-order chi connectivity index (χ1) is 6.58. The van der Waals surface area contributed by atoms with Gasteiger partial charge < -0.3 is 4.98 Å². The van der Waals surface area contributed by atoms with Crippen LogP contribution in [0.3, 0.4) is 0 Å². The summed E-state index contributed by atoms with van der Waals surface area (Å²) in [5.74, 6) is -0.411. The molecule has 5 heteroatoms. The van der Waals surface area contributed by atoms with Crippen molar-refractivity contribution in [2.75, 3.05) is 0 Å². The van der Waals surface area contributed by atoms with E-state index in [0.29, 0.717) is 21.2 Å². The van der Waals surface area contributed by atoms with Crippen molar-refractivity contribution in [3.8, 4) is 0 Å². The van der Waals surface area contributed by atoms with Gasteiger partial charge in [0.2, 0.25) is 0 Å².